The number of hydrogen-bond acceptors (Lipinski definition) is 4. The van der Waals surface area contributed by atoms with Gasteiger partial charge in [-0.1, -0.05) is 6.42 Å². The van der Waals surface area contributed by atoms with Crippen molar-refractivity contribution in [1.29, 1.82) is 5.26 Å². The summed E-state index contributed by atoms with van der Waals surface area (Å²) in [4.78, 5) is 4.32. The molecule has 4 nitrogen and oxygen atoms in total. The molecule has 2 N–H and O–H groups in total. The van der Waals surface area contributed by atoms with Gasteiger partial charge in [0.05, 0.1) is 16.9 Å². The molecule has 18 heavy (non-hydrogen) atoms. The summed E-state index contributed by atoms with van der Waals surface area (Å²) in [5.74, 6) is 0. The number of aryl methyl sites for hydroxylation is 2. The van der Waals surface area contributed by atoms with E-state index in [-0.39, 0.29) is 0 Å². The highest BCUT2D eigenvalue weighted by Gasteiger charge is 2.13. The molecule has 1 unspecified atom stereocenters. The predicted octanol–water partition coefficient (Wildman–Crippen LogP) is 2.12. The highest BCUT2D eigenvalue weighted by atomic mass is 15.0. The lowest BCUT2D eigenvalue weighted by Crippen LogP contribution is -2.39. The molecular weight excluding hydrogens is 224 g/mol. The summed E-state index contributed by atoms with van der Waals surface area (Å²) in [6.45, 7) is 5.82. The Bertz CT molecular complexity index is 456. The molecule has 1 aliphatic rings. The third-order valence-electron chi connectivity index (χ3n) is 3.39. The Morgan fingerprint density at radius 2 is 2.33 bits per heavy atom. The second-order valence-electron chi connectivity index (χ2n) is 4.91. The second-order valence-corrected chi connectivity index (χ2v) is 4.91. The first kappa shape index (κ1) is 12.8. The van der Waals surface area contributed by atoms with Crippen LogP contribution >= 0.6 is 0 Å². The topological polar surface area (TPSA) is 60.7 Å². The van der Waals surface area contributed by atoms with Gasteiger partial charge in [0, 0.05) is 18.3 Å². The van der Waals surface area contributed by atoms with Crippen LogP contribution in [0.1, 0.15) is 36.2 Å². The molecule has 0 saturated carbocycles. The van der Waals surface area contributed by atoms with Gasteiger partial charge in [-0.2, -0.15) is 5.26 Å². The Morgan fingerprint density at radius 1 is 1.50 bits per heavy atom. The van der Waals surface area contributed by atoms with Crippen LogP contribution in [0.4, 0.5) is 5.69 Å². The Hall–Kier alpha value is -1.60. The molecule has 1 saturated heterocycles. The number of hydrogen-bond donors (Lipinski definition) is 2. The van der Waals surface area contributed by atoms with Crippen LogP contribution in [0, 0.1) is 25.2 Å². The molecule has 2 rings (SSSR count). The number of aromatic nitrogens is 1. The van der Waals surface area contributed by atoms with Crippen LogP contribution in [-0.2, 0) is 0 Å². The van der Waals surface area contributed by atoms with Crippen molar-refractivity contribution in [2.24, 2.45) is 0 Å². The summed E-state index contributed by atoms with van der Waals surface area (Å²) in [5, 5.41) is 16.1. The number of piperidine rings is 1. The van der Waals surface area contributed by atoms with Crippen molar-refractivity contribution < 1.29 is 0 Å². The maximum atomic E-state index is 9.18. The minimum Gasteiger partial charge on any atom is -0.382 e. The number of nitrogens with one attached hydrogen (secondary N) is 2. The number of anilines is 1. The highest BCUT2D eigenvalue weighted by Crippen LogP contribution is 2.19. The van der Waals surface area contributed by atoms with Crippen LogP contribution in [-0.4, -0.2) is 24.1 Å². The quantitative estimate of drug-likeness (QED) is 0.855. The molecule has 1 fully saturated rings. The first-order chi connectivity index (χ1) is 8.70. The summed E-state index contributed by atoms with van der Waals surface area (Å²) in [6, 6.07) is 4.70. The fourth-order valence-corrected chi connectivity index (χ4v) is 2.44. The number of nitrogens with zero attached hydrogens (tertiary/aromatic N) is 2. The summed E-state index contributed by atoms with van der Waals surface area (Å²) < 4.78 is 0. The Morgan fingerprint density at radius 3 is 3.00 bits per heavy atom. The molecule has 0 bridgehead atoms. The van der Waals surface area contributed by atoms with E-state index in [0.29, 0.717) is 11.6 Å². The molecule has 2 heterocycles. The van der Waals surface area contributed by atoms with Crippen LogP contribution in [0.15, 0.2) is 6.07 Å². The molecule has 0 radical (unpaired) electrons. The molecule has 1 aliphatic heterocycles. The van der Waals surface area contributed by atoms with Gasteiger partial charge in [-0.25, -0.2) is 0 Å². The van der Waals surface area contributed by atoms with Crippen molar-refractivity contribution in [1.82, 2.24) is 10.3 Å². The zero-order chi connectivity index (χ0) is 13.0. The lowest BCUT2D eigenvalue weighted by molar-refractivity contribution is 0.414. The van der Waals surface area contributed by atoms with Crippen LogP contribution < -0.4 is 10.6 Å². The fourth-order valence-electron chi connectivity index (χ4n) is 2.44. The number of nitriles is 1. The average molecular weight is 244 g/mol. The van der Waals surface area contributed by atoms with Gasteiger partial charge in [-0.15, -0.1) is 0 Å². The first-order valence-electron chi connectivity index (χ1n) is 6.56. The SMILES string of the molecule is Cc1cc(NCC2CCCCN2)c(C#N)c(C)n1. The Labute approximate surface area is 108 Å². The zero-order valence-corrected chi connectivity index (χ0v) is 11.1. The van der Waals surface area contributed by atoms with Gasteiger partial charge < -0.3 is 10.6 Å². The lowest BCUT2D eigenvalue weighted by atomic mass is 10.0. The van der Waals surface area contributed by atoms with Gasteiger partial charge in [0.2, 0.25) is 0 Å². The Balaban J connectivity index is 2.06. The molecule has 0 amide bonds. The van der Waals surface area contributed by atoms with E-state index in [4.69, 9.17) is 0 Å². The van der Waals surface area contributed by atoms with Gasteiger partial charge in [0.25, 0.3) is 0 Å². The summed E-state index contributed by atoms with van der Waals surface area (Å²) in [7, 11) is 0. The van der Waals surface area contributed by atoms with Crippen molar-refractivity contribution in [2.45, 2.75) is 39.2 Å². The third kappa shape index (κ3) is 2.99. The van der Waals surface area contributed by atoms with Crippen molar-refractivity contribution in [3.05, 3.63) is 23.0 Å². The van der Waals surface area contributed by atoms with Crippen molar-refractivity contribution in [3.63, 3.8) is 0 Å². The second kappa shape index (κ2) is 5.83. The van der Waals surface area contributed by atoms with E-state index >= 15 is 0 Å². The van der Waals surface area contributed by atoms with Crippen molar-refractivity contribution in [2.75, 3.05) is 18.4 Å². The predicted molar refractivity (Wildman–Crippen MR) is 72.6 cm³/mol. The molecule has 0 aromatic carbocycles. The van der Waals surface area contributed by atoms with E-state index in [0.717, 1.165) is 30.2 Å². The lowest BCUT2D eigenvalue weighted by Gasteiger charge is -2.24. The average Bonchev–Trinajstić information content (AvgIpc) is 2.37. The van der Waals surface area contributed by atoms with Gasteiger partial charge >= 0.3 is 0 Å². The summed E-state index contributed by atoms with van der Waals surface area (Å²) in [6.07, 6.45) is 3.77. The largest absolute Gasteiger partial charge is 0.382 e. The van der Waals surface area contributed by atoms with E-state index in [9.17, 15) is 5.26 Å². The molecule has 4 heteroatoms. The highest BCUT2D eigenvalue weighted by molar-refractivity contribution is 5.59. The zero-order valence-electron chi connectivity index (χ0n) is 11.1. The maximum absolute atomic E-state index is 9.18. The molecule has 0 spiro atoms. The van der Waals surface area contributed by atoms with Gasteiger partial charge in [-0.3, -0.25) is 4.98 Å². The molecule has 1 aromatic rings. The summed E-state index contributed by atoms with van der Waals surface area (Å²) >= 11 is 0. The minimum absolute atomic E-state index is 0.513. The van der Waals surface area contributed by atoms with Crippen molar-refractivity contribution in [3.8, 4) is 6.07 Å². The van der Waals surface area contributed by atoms with Crippen LogP contribution in [0.25, 0.3) is 0 Å². The maximum Gasteiger partial charge on any atom is 0.103 e. The monoisotopic (exact) mass is 244 g/mol. The minimum atomic E-state index is 0.513. The van der Waals surface area contributed by atoms with E-state index in [1.54, 1.807) is 0 Å². The normalized spacial score (nSPS) is 19.3. The molecule has 96 valence electrons. The van der Waals surface area contributed by atoms with Gasteiger partial charge in [0.15, 0.2) is 0 Å². The van der Waals surface area contributed by atoms with Crippen LogP contribution in [0.3, 0.4) is 0 Å². The van der Waals surface area contributed by atoms with E-state index in [1.807, 2.05) is 19.9 Å². The molecule has 1 aromatic heterocycles. The smallest absolute Gasteiger partial charge is 0.103 e. The van der Waals surface area contributed by atoms with Crippen molar-refractivity contribution >= 4 is 5.69 Å². The fraction of sp³-hybridized carbons (Fsp3) is 0.571. The van der Waals surface area contributed by atoms with E-state index < -0.39 is 0 Å². The third-order valence-corrected chi connectivity index (χ3v) is 3.39. The molecule has 1 atom stereocenters. The standard InChI is InChI=1S/C14H20N4/c1-10-7-14(13(8-15)11(2)18-10)17-9-12-5-3-4-6-16-12/h7,12,16H,3-6,9H2,1-2H3,(H,17,18). The number of pyridine rings is 1. The summed E-state index contributed by atoms with van der Waals surface area (Å²) in [5.41, 5.74) is 3.33. The number of rotatable bonds is 3. The first-order valence-corrected chi connectivity index (χ1v) is 6.56. The Kier molecular flexibility index (Phi) is 4.16. The molecule has 0 aliphatic carbocycles. The van der Waals surface area contributed by atoms with Crippen LogP contribution in [0.5, 0.6) is 0 Å². The van der Waals surface area contributed by atoms with E-state index in [1.165, 1.54) is 19.3 Å². The van der Waals surface area contributed by atoms with E-state index in [2.05, 4.69) is 21.7 Å². The van der Waals surface area contributed by atoms with Gasteiger partial charge in [0.1, 0.15) is 6.07 Å². The molecular formula is C14H20N4. The van der Waals surface area contributed by atoms with Crippen LogP contribution in [0.2, 0.25) is 0 Å². The van der Waals surface area contributed by atoms with Gasteiger partial charge in [-0.05, 0) is 39.3 Å².